The van der Waals surface area contributed by atoms with Gasteiger partial charge in [0, 0.05) is 12.0 Å². The highest BCUT2D eigenvalue weighted by Crippen LogP contribution is 2.34. The Kier molecular flexibility index (Phi) is 1.98. The van der Waals surface area contributed by atoms with Crippen LogP contribution in [0, 0.1) is 5.82 Å². The summed E-state index contributed by atoms with van der Waals surface area (Å²) >= 11 is 0. The molecular formula is C11H13FO. The van der Waals surface area contributed by atoms with Crippen molar-refractivity contribution in [2.45, 2.75) is 26.2 Å². The SMILES string of the molecule is CC(C)c1cc(F)cc2c1OCC2. The van der Waals surface area contributed by atoms with Gasteiger partial charge in [0.15, 0.2) is 0 Å². The largest absolute Gasteiger partial charge is 0.493 e. The van der Waals surface area contributed by atoms with E-state index in [-0.39, 0.29) is 5.82 Å². The van der Waals surface area contributed by atoms with Gasteiger partial charge < -0.3 is 4.74 Å². The monoisotopic (exact) mass is 180 g/mol. The summed E-state index contributed by atoms with van der Waals surface area (Å²) in [5.41, 5.74) is 2.01. The Morgan fingerprint density at radius 3 is 2.85 bits per heavy atom. The van der Waals surface area contributed by atoms with Crippen LogP contribution in [-0.2, 0) is 6.42 Å². The lowest BCUT2D eigenvalue weighted by molar-refractivity contribution is 0.352. The zero-order valence-electron chi connectivity index (χ0n) is 7.93. The van der Waals surface area contributed by atoms with Crippen LogP contribution in [0.5, 0.6) is 5.75 Å². The Hall–Kier alpha value is -1.05. The maximum Gasteiger partial charge on any atom is 0.126 e. The van der Waals surface area contributed by atoms with Gasteiger partial charge in [-0.25, -0.2) is 4.39 Å². The number of fused-ring (bicyclic) bond motifs is 1. The summed E-state index contributed by atoms with van der Waals surface area (Å²) in [6.45, 7) is 4.80. The predicted octanol–water partition coefficient (Wildman–Crippen LogP) is 2.88. The first-order chi connectivity index (χ1) is 6.18. The van der Waals surface area contributed by atoms with Crippen molar-refractivity contribution in [2.75, 3.05) is 6.61 Å². The van der Waals surface area contributed by atoms with E-state index in [2.05, 4.69) is 13.8 Å². The van der Waals surface area contributed by atoms with Crippen molar-refractivity contribution >= 4 is 0 Å². The molecular weight excluding hydrogens is 167 g/mol. The summed E-state index contributed by atoms with van der Waals surface area (Å²) in [5.74, 6) is 1.09. The Morgan fingerprint density at radius 2 is 2.15 bits per heavy atom. The molecule has 0 unspecified atom stereocenters. The quantitative estimate of drug-likeness (QED) is 0.645. The van der Waals surface area contributed by atoms with Gasteiger partial charge >= 0.3 is 0 Å². The van der Waals surface area contributed by atoms with Crippen LogP contribution in [0.2, 0.25) is 0 Å². The molecule has 1 aliphatic heterocycles. The fourth-order valence-corrected chi connectivity index (χ4v) is 1.73. The van der Waals surface area contributed by atoms with E-state index in [1.54, 1.807) is 12.1 Å². The lowest BCUT2D eigenvalue weighted by atomic mass is 9.99. The first-order valence-corrected chi connectivity index (χ1v) is 4.63. The van der Waals surface area contributed by atoms with E-state index in [1.165, 1.54) is 0 Å². The van der Waals surface area contributed by atoms with Gasteiger partial charge in [0.25, 0.3) is 0 Å². The third kappa shape index (κ3) is 1.41. The molecule has 0 aliphatic carbocycles. The fourth-order valence-electron chi connectivity index (χ4n) is 1.73. The van der Waals surface area contributed by atoms with Crippen LogP contribution in [-0.4, -0.2) is 6.61 Å². The molecule has 2 heteroatoms. The molecule has 0 radical (unpaired) electrons. The van der Waals surface area contributed by atoms with E-state index in [9.17, 15) is 4.39 Å². The van der Waals surface area contributed by atoms with Crippen LogP contribution >= 0.6 is 0 Å². The molecule has 0 aromatic heterocycles. The molecule has 1 aromatic rings. The molecule has 1 aromatic carbocycles. The molecule has 1 nitrogen and oxygen atoms in total. The van der Waals surface area contributed by atoms with Gasteiger partial charge in [-0.1, -0.05) is 13.8 Å². The first kappa shape index (κ1) is 8.54. The standard InChI is InChI=1S/C11H13FO/c1-7(2)10-6-9(12)5-8-3-4-13-11(8)10/h5-7H,3-4H2,1-2H3. The van der Waals surface area contributed by atoms with E-state index in [1.807, 2.05) is 0 Å². The van der Waals surface area contributed by atoms with Gasteiger partial charge in [-0.15, -0.1) is 0 Å². The Labute approximate surface area is 77.5 Å². The minimum absolute atomic E-state index is 0.145. The van der Waals surface area contributed by atoms with Crippen molar-refractivity contribution in [3.63, 3.8) is 0 Å². The molecule has 0 spiro atoms. The number of halogens is 1. The van der Waals surface area contributed by atoms with E-state index in [0.29, 0.717) is 12.5 Å². The second-order valence-corrected chi connectivity index (χ2v) is 3.74. The van der Waals surface area contributed by atoms with Crippen molar-refractivity contribution in [3.8, 4) is 5.75 Å². The van der Waals surface area contributed by atoms with Crippen LogP contribution < -0.4 is 4.74 Å². The second-order valence-electron chi connectivity index (χ2n) is 3.74. The van der Waals surface area contributed by atoms with Crippen molar-refractivity contribution in [1.82, 2.24) is 0 Å². The smallest absolute Gasteiger partial charge is 0.126 e. The van der Waals surface area contributed by atoms with Gasteiger partial charge in [-0.2, -0.15) is 0 Å². The van der Waals surface area contributed by atoms with Crippen molar-refractivity contribution in [1.29, 1.82) is 0 Å². The van der Waals surface area contributed by atoms with Gasteiger partial charge in [-0.3, -0.25) is 0 Å². The molecule has 0 saturated heterocycles. The second kappa shape index (κ2) is 3.02. The van der Waals surface area contributed by atoms with Crippen LogP contribution in [0.15, 0.2) is 12.1 Å². The molecule has 0 atom stereocenters. The average molecular weight is 180 g/mol. The molecule has 13 heavy (non-hydrogen) atoms. The van der Waals surface area contributed by atoms with Crippen molar-refractivity contribution in [3.05, 3.63) is 29.1 Å². The number of hydrogen-bond acceptors (Lipinski definition) is 1. The maximum absolute atomic E-state index is 13.1. The molecule has 0 fully saturated rings. The molecule has 0 saturated carbocycles. The van der Waals surface area contributed by atoms with Gasteiger partial charge in [-0.05, 0) is 23.6 Å². The van der Waals surface area contributed by atoms with Crippen LogP contribution in [0.4, 0.5) is 4.39 Å². The van der Waals surface area contributed by atoms with Crippen molar-refractivity contribution in [2.24, 2.45) is 0 Å². The first-order valence-electron chi connectivity index (χ1n) is 4.63. The summed E-state index contributed by atoms with van der Waals surface area (Å²) in [6.07, 6.45) is 0.840. The Bertz CT molecular complexity index is 331. The minimum atomic E-state index is -0.145. The normalized spacial score (nSPS) is 14.5. The van der Waals surface area contributed by atoms with Crippen LogP contribution in [0.25, 0.3) is 0 Å². The maximum atomic E-state index is 13.1. The molecule has 1 aliphatic rings. The minimum Gasteiger partial charge on any atom is -0.493 e. The van der Waals surface area contributed by atoms with Gasteiger partial charge in [0.2, 0.25) is 0 Å². The highest BCUT2D eigenvalue weighted by atomic mass is 19.1. The number of rotatable bonds is 1. The lowest BCUT2D eigenvalue weighted by Gasteiger charge is -2.10. The van der Waals surface area contributed by atoms with E-state index in [4.69, 9.17) is 4.74 Å². The zero-order valence-corrected chi connectivity index (χ0v) is 7.93. The average Bonchev–Trinajstić information content (AvgIpc) is 2.49. The molecule has 0 bridgehead atoms. The third-order valence-corrected chi connectivity index (χ3v) is 2.40. The summed E-state index contributed by atoms with van der Waals surface area (Å²) in [5, 5.41) is 0. The van der Waals surface area contributed by atoms with Gasteiger partial charge in [0.05, 0.1) is 6.61 Å². The lowest BCUT2D eigenvalue weighted by Crippen LogP contribution is -1.94. The Balaban J connectivity index is 2.55. The summed E-state index contributed by atoms with van der Waals surface area (Å²) in [6, 6.07) is 3.16. The molecule has 1 heterocycles. The van der Waals surface area contributed by atoms with Crippen molar-refractivity contribution < 1.29 is 9.13 Å². The summed E-state index contributed by atoms with van der Waals surface area (Å²) in [7, 11) is 0. The summed E-state index contributed by atoms with van der Waals surface area (Å²) in [4.78, 5) is 0. The predicted molar refractivity (Wildman–Crippen MR) is 49.7 cm³/mol. The highest BCUT2D eigenvalue weighted by molar-refractivity contribution is 5.45. The number of benzene rings is 1. The van der Waals surface area contributed by atoms with E-state index >= 15 is 0 Å². The van der Waals surface area contributed by atoms with E-state index in [0.717, 1.165) is 23.3 Å². The highest BCUT2D eigenvalue weighted by Gasteiger charge is 2.19. The van der Waals surface area contributed by atoms with E-state index < -0.39 is 0 Å². The molecule has 0 N–H and O–H groups in total. The van der Waals surface area contributed by atoms with Crippen LogP contribution in [0.3, 0.4) is 0 Å². The molecule has 2 rings (SSSR count). The topological polar surface area (TPSA) is 9.23 Å². The zero-order chi connectivity index (χ0) is 9.42. The van der Waals surface area contributed by atoms with Gasteiger partial charge in [0.1, 0.15) is 11.6 Å². The molecule has 70 valence electrons. The molecule has 0 amide bonds. The van der Waals surface area contributed by atoms with Crippen LogP contribution in [0.1, 0.15) is 30.9 Å². The third-order valence-electron chi connectivity index (χ3n) is 2.40. The Morgan fingerprint density at radius 1 is 1.38 bits per heavy atom. The fraction of sp³-hybridized carbons (Fsp3) is 0.455. The number of ether oxygens (including phenoxy) is 1. The summed E-state index contributed by atoms with van der Waals surface area (Å²) < 4.78 is 18.6. The number of hydrogen-bond donors (Lipinski definition) is 0.